The Balaban J connectivity index is 1.44. The van der Waals surface area contributed by atoms with E-state index in [4.69, 9.17) is 20.9 Å². The molecule has 1 saturated heterocycles. The fraction of sp³-hybridized carbons (Fsp3) is 0.636. The van der Waals surface area contributed by atoms with Crippen molar-refractivity contribution in [2.45, 2.75) is 69.2 Å². The standard InChI is InChI=1S/C22H27ClN4O3/c1-27-11-5-6-14(27)13-29-18-12-17(23)24-21(25-18)19-15-7-4-10-22(20(15)30-26-19)9-3-2-8-16(22)28/h12,14H,2-11,13H2,1H3/t14-,22+/m0/s1. The first kappa shape index (κ1) is 19.9. The van der Waals surface area contributed by atoms with Crippen molar-refractivity contribution in [1.29, 1.82) is 0 Å². The first-order valence-electron chi connectivity index (χ1n) is 11.0. The molecule has 2 aromatic heterocycles. The molecule has 2 aliphatic carbocycles. The molecule has 1 saturated carbocycles. The summed E-state index contributed by atoms with van der Waals surface area (Å²) in [6, 6.07) is 2.03. The number of likely N-dealkylation sites (tertiary alicyclic amines) is 1. The predicted octanol–water partition coefficient (Wildman–Crippen LogP) is 3.98. The molecule has 0 N–H and O–H groups in total. The number of hydrogen-bond acceptors (Lipinski definition) is 7. The van der Waals surface area contributed by atoms with Gasteiger partial charge in [-0.3, -0.25) is 4.79 Å². The number of fused-ring (bicyclic) bond motifs is 2. The quantitative estimate of drug-likeness (QED) is 0.678. The maximum Gasteiger partial charge on any atom is 0.218 e. The van der Waals surface area contributed by atoms with Gasteiger partial charge >= 0.3 is 0 Å². The lowest BCUT2D eigenvalue weighted by Crippen LogP contribution is -2.41. The third-order valence-corrected chi connectivity index (χ3v) is 7.22. The van der Waals surface area contributed by atoms with E-state index in [2.05, 4.69) is 27.1 Å². The van der Waals surface area contributed by atoms with Gasteiger partial charge in [-0.05, 0) is 58.5 Å². The molecule has 0 unspecified atom stereocenters. The van der Waals surface area contributed by atoms with Crippen LogP contribution in [0.25, 0.3) is 11.5 Å². The highest BCUT2D eigenvalue weighted by molar-refractivity contribution is 6.29. The highest BCUT2D eigenvalue weighted by atomic mass is 35.5. The summed E-state index contributed by atoms with van der Waals surface area (Å²) >= 11 is 6.29. The summed E-state index contributed by atoms with van der Waals surface area (Å²) in [5.41, 5.74) is 1.04. The lowest BCUT2D eigenvalue weighted by molar-refractivity contribution is -0.128. The maximum absolute atomic E-state index is 12.9. The number of Topliss-reactive ketones (excluding diaryl/α,β-unsaturated/α-hetero) is 1. The number of nitrogens with zero attached hydrogens (tertiary/aromatic N) is 4. The van der Waals surface area contributed by atoms with Gasteiger partial charge in [-0.1, -0.05) is 23.2 Å². The average molecular weight is 431 g/mol. The van der Waals surface area contributed by atoms with Crippen LogP contribution in [0.2, 0.25) is 5.15 Å². The predicted molar refractivity (Wildman–Crippen MR) is 112 cm³/mol. The van der Waals surface area contributed by atoms with Gasteiger partial charge in [0.2, 0.25) is 5.88 Å². The van der Waals surface area contributed by atoms with Gasteiger partial charge in [-0.25, -0.2) is 4.98 Å². The fourth-order valence-corrected chi connectivity index (χ4v) is 5.49. The monoisotopic (exact) mass is 430 g/mol. The van der Waals surface area contributed by atoms with Crippen LogP contribution in [0.15, 0.2) is 10.6 Å². The van der Waals surface area contributed by atoms with Gasteiger partial charge in [0.25, 0.3) is 0 Å². The molecule has 1 spiro atoms. The van der Waals surface area contributed by atoms with Gasteiger partial charge in [0.05, 0.1) is 5.41 Å². The number of ether oxygens (including phenoxy) is 1. The largest absolute Gasteiger partial charge is 0.476 e. The van der Waals surface area contributed by atoms with Crippen molar-refractivity contribution in [3.05, 3.63) is 22.5 Å². The minimum atomic E-state index is -0.512. The van der Waals surface area contributed by atoms with E-state index >= 15 is 0 Å². The molecule has 2 aromatic rings. The second-order valence-corrected chi connectivity index (χ2v) is 9.23. The van der Waals surface area contributed by atoms with Crippen LogP contribution in [-0.4, -0.2) is 52.0 Å². The van der Waals surface area contributed by atoms with E-state index in [1.165, 1.54) is 6.42 Å². The smallest absolute Gasteiger partial charge is 0.218 e. The number of carbonyl (C=O) groups excluding carboxylic acids is 1. The molecule has 0 aromatic carbocycles. The molecule has 3 aliphatic rings. The molecule has 0 amide bonds. The van der Waals surface area contributed by atoms with Crippen molar-refractivity contribution in [3.8, 4) is 17.4 Å². The van der Waals surface area contributed by atoms with Crippen LogP contribution in [0.1, 0.15) is 62.7 Å². The summed E-state index contributed by atoms with van der Waals surface area (Å²) in [5, 5.41) is 4.62. The van der Waals surface area contributed by atoms with Crippen molar-refractivity contribution in [2.75, 3.05) is 20.2 Å². The number of ketones is 1. The zero-order valence-electron chi connectivity index (χ0n) is 17.3. The third kappa shape index (κ3) is 3.42. The SMILES string of the molecule is CN1CCC[C@H]1COc1cc(Cl)nc(-c2noc3c2CCC[C@@]32CCCCC2=O)n1. The van der Waals surface area contributed by atoms with Gasteiger partial charge in [-0.2, -0.15) is 4.98 Å². The first-order chi connectivity index (χ1) is 14.6. The number of aromatic nitrogens is 3. The van der Waals surface area contributed by atoms with Crippen molar-refractivity contribution in [2.24, 2.45) is 0 Å². The van der Waals surface area contributed by atoms with Crippen LogP contribution in [0.5, 0.6) is 5.88 Å². The van der Waals surface area contributed by atoms with Crippen LogP contribution in [-0.2, 0) is 16.6 Å². The summed E-state index contributed by atoms with van der Waals surface area (Å²) in [4.78, 5) is 24.1. The highest BCUT2D eigenvalue weighted by Crippen LogP contribution is 2.47. The zero-order chi connectivity index (χ0) is 20.7. The van der Waals surface area contributed by atoms with Crippen molar-refractivity contribution in [1.82, 2.24) is 20.0 Å². The number of carbonyl (C=O) groups is 1. The van der Waals surface area contributed by atoms with E-state index in [9.17, 15) is 4.79 Å². The Bertz CT molecular complexity index is 962. The Morgan fingerprint density at radius 2 is 2.10 bits per heavy atom. The average Bonchev–Trinajstić information content (AvgIpc) is 3.35. The number of rotatable bonds is 4. The summed E-state index contributed by atoms with van der Waals surface area (Å²) in [7, 11) is 2.11. The van der Waals surface area contributed by atoms with Crippen LogP contribution in [0.3, 0.4) is 0 Å². The Labute approximate surface area is 181 Å². The van der Waals surface area contributed by atoms with E-state index in [1.54, 1.807) is 6.07 Å². The Hall–Kier alpha value is -1.99. The summed E-state index contributed by atoms with van der Waals surface area (Å²) in [6.45, 7) is 1.66. The van der Waals surface area contributed by atoms with Gasteiger partial charge in [-0.15, -0.1) is 0 Å². The van der Waals surface area contributed by atoms with Gasteiger partial charge in [0, 0.05) is 24.1 Å². The normalized spacial score (nSPS) is 26.9. The molecule has 5 rings (SSSR count). The molecule has 7 nitrogen and oxygen atoms in total. The number of likely N-dealkylation sites (N-methyl/N-ethyl adjacent to an activating group) is 1. The molecule has 30 heavy (non-hydrogen) atoms. The molecule has 2 atom stereocenters. The van der Waals surface area contributed by atoms with E-state index in [0.717, 1.165) is 62.8 Å². The van der Waals surface area contributed by atoms with Crippen molar-refractivity contribution < 1.29 is 14.1 Å². The van der Waals surface area contributed by atoms with E-state index in [0.29, 0.717) is 41.6 Å². The zero-order valence-corrected chi connectivity index (χ0v) is 18.1. The van der Waals surface area contributed by atoms with E-state index < -0.39 is 5.41 Å². The molecule has 1 aliphatic heterocycles. The Kier molecular flexibility index (Phi) is 5.27. The van der Waals surface area contributed by atoms with Crippen molar-refractivity contribution >= 4 is 17.4 Å². The Morgan fingerprint density at radius 3 is 2.90 bits per heavy atom. The third-order valence-electron chi connectivity index (χ3n) is 7.02. The van der Waals surface area contributed by atoms with Crippen molar-refractivity contribution in [3.63, 3.8) is 0 Å². The minimum Gasteiger partial charge on any atom is -0.476 e. The second-order valence-electron chi connectivity index (χ2n) is 8.84. The summed E-state index contributed by atoms with van der Waals surface area (Å²) in [6.07, 6.45) is 8.36. The topological polar surface area (TPSA) is 81.4 Å². The first-order valence-corrected chi connectivity index (χ1v) is 11.3. The molecule has 3 heterocycles. The van der Waals surface area contributed by atoms with E-state index in [-0.39, 0.29) is 5.78 Å². The minimum absolute atomic E-state index is 0.286. The molecular formula is C22H27ClN4O3. The lowest BCUT2D eigenvalue weighted by atomic mass is 9.64. The summed E-state index contributed by atoms with van der Waals surface area (Å²) in [5.74, 6) is 1.87. The maximum atomic E-state index is 12.9. The molecule has 8 heteroatoms. The molecule has 2 fully saturated rings. The summed E-state index contributed by atoms with van der Waals surface area (Å²) < 4.78 is 11.8. The lowest BCUT2D eigenvalue weighted by Gasteiger charge is -2.36. The Morgan fingerprint density at radius 1 is 1.23 bits per heavy atom. The van der Waals surface area contributed by atoms with Crippen LogP contribution in [0, 0.1) is 0 Å². The molecule has 160 valence electrons. The van der Waals surface area contributed by atoms with Crippen LogP contribution < -0.4 is 4.74 Å². The van der Waals surface area contributed by atoms with Crippen LogP contribution in [0.4, 0.5) is 0 Å². The van der Waals surface area contributed by atoms with Gasteiger partial charge < -0.3 is 14.2 Å². The molecule has 0 bridgehead atoms. The number of halogens is 1. The molecule has 0 radical (unpaired) electrons. The van der Waals surface area contributed by atoms with Gasteiger partial charge in [0.15, 0.2) is 17.3 Å². The number of hydrogen-bond donors (Lipinski definition) is 0. The molecular weight excluding hydrogens is 404 g/mol. The highest BCUT2D eigenvalue weighted by Gasteiger charge is 2.48. The van der Waals surface area contributed by atoms with Gasteiger partial charge in [0.1, 0.15) is 17.5 Å². The van der Waals surface area contributed by atoms with Crippen LogP contribution >= 0.6 is 11.6 Å². The fourth-order valence-electron chi connectivity index (χ4n) is 5.32. The van der Waals surface area contributed by atoms with E-state index in [1.807, 2.05) is 0 Å². The second kappa shape index (κ2) is 7.93.